The molecule has 5 rings (SSSR count). The van der Waals surface area contributed by atoms with Crippen molar-refractivity contribution < 1.29 is 23.5 Å². The highest BCUT2D eigenvalue weighted by molar-refractivity contribution is 6.15. The summed E-state index contributed by atoms with van der Waals surface area (Å²) in [6.07, 6.45) is 6.69. The molecule has 0 bridgehead atoms. The van der Waals surface area contributed by atoms with Gasteiger partial charge < -0.3 is 14.5 Å². The summed E-state index contributed by atoms with van der Waals surface area (Å²) in [5.74, 6) is 0.369. The molecule has 2 aliphatic rings. The van der Waals surface area contributed by atoms with Crippen LogP contribution < -0.4 is 10.1 Å². The monoisotopic (exact) mass is 445 g/mol. The minimum absolute atomic E-state index is 0.0386. The van der Waals surface area contributed by atoms with Gasteiger partial charge in [-0.25, -0.2) is 0 Å². The number of ether oxygens (including phenoxy) is 1. The van der Waals surface area contributed by atoms with E-state index < -0.39 is 11.5 Å². The van der Waals surface area contributed by atoms with Gasteiger partial charge in [0, 0.05) is 22.2 Å². The van der Waals surface area contributed by atoms with Crippen LogP contribution >= 0.6 is 0 Å². The zero-order valence-electron chi connectivity index (χ0n) is 19.0. The highest BCUT2D eigenvalue weighted by Gasteiger charge is 2.42. The third-order valence-electron chi connectivity index (χ3n) is 6.91. The SMILES string of the molecule is CC(=O)c1ccc(NC(=O)c2oc3ccc4c(c3c2C)C(=O)CC2(CCCCCC2)O4)cc1. The normalized spacial score (nSPS) is 17.3. The second-order valence-electron chi connectivity index (χ2n) is 9.25. The number of benzene rings is 2. The maximum Gasteiger partial charge on any atom is 0.291 e. The lowest BCUT2D eigenvalue weighted by Crippen LogP contribution is -2.41. The summed E-state index contributed by atoms with van der Waals surface area (Å²) in [4.78, 5) is 37.8. The first-order valence-electron chi connectivity index (χ1n) is 11.6. The summed E-state index contributed by atoms with van der Waals surface area (Å²) in [6, 6.07) is 10.3. The number of hydrogen-bond donors (Lipinski definition) is 1. The topological polar surface area (TPSA) is 85.6 Å². The van der Waals surface area contributed by atoms with E-state index in [0.717, 1.165) is 25.7 Å². The van der Waals surface area contributed by atoms with Crippen LogP contribution in [0.25, 0.3) is 11.0 Å². The molecule has 2 heterocycles. The molecule has 1 fully saturated rings. The second-order valence-corrected chi connectivity index (χ2v) is 9.25. The van der Waals surface area contributed by atoms with Crippen LogP contribution in [0.1, 0.15) is 88.7 Å². The molecule has 0 unspecified atom stereocenters. The fourth-order valence-electron chi connectivity index (χ4n) is 5.18. The predicted octanol–water partition coefficient (Wildman–Crippen LogP) is 6.25. The molecule has 1 N–H and O–H groups in total. The van der Waals surface area contributed by atoms with Crippen LogP contribution in [0, 0.1) is 6.92 Å². The Morgan fingerprint density at radius 3 is 2.33 bits per heavy atom. The number of carbonyl (C=O) groups excluding carboxylic acids is 3. The van der Waals surface area contributed by atoms with Gasteiger partial charge in [-0.1, -0.05) is 12.8 Å². The molecule has 3 aromatic rings. The van der Waals surface area contributed by atoms with Crippen molar-refractivity contribution in [2.45, 2.75) is 64.4 Å². The van der Waals surface area contributed by atoms with Gasteiger partial charge >= 0.3 is 0 Å². The molecule has 1 spiro atoms. The van der Waals surface area contributed by atoms with Gasteiger partial charge in [0.15, 0.2) is 17.3 Å². The average Bonchev–Trinajstić information content (AvgIpc) is 2.97. The van der Waals surface area contributed by atoms with Gasteiger partial charge in [-0.05, 0) is 75.9 Å². The fourth-order valence-corrected chi connectivity index (χ4v) is 5.18. The van der Waals surface area contributed by atoms with E-state index in [0.29, 0.717) is 45.5 Å². The van der Waals surface area contributed by atoms with E-state index in [9.17, 15) is 14.4 Å². The van der Waals surface area contributed by atoms with Crippen LogP contribution in [0.2, 0.25) is 0 Å². The number of anilines is 1. The highest BCUT2D eigenvalue weighted by Crippen LogP contribution is 2.44. The Kier molecular flexibility index (Phi) is 5.31. The van der Waals surface area contributed by atoms with Crippen molar-refractivity contribution in [2.75, 3.05) is 5.32 Å². The number of carbonyl (C=O) groups is 3. The Morgan fingerprint density at radius 1 is 0.970 bits per heavy atom. The molecule has 0 radical (unpaired) electrons. The minimum Gasteiger partial charge on any atom is -0.486 e. The fraction of sp³-hybridized carbons (Fsp3) is 0.370. The molecule has 170 valence electrons. The highest BCUT2D eigenvalue weighted by atomic mass is 16.5. The molecule has 2 aromatic carbocycles. The first-order chi connectivity index (χ1) is 15.9. The maximum absolute atomic E-state index is 13.3. The summed E-state index contributed by atoms with van der Waals surface area (Å²) < 4.78 is 12.4. The summed E-state index contributed by atoms with van der Waals surface area (Å²) in [5, 5.41) is 3.46. The van der Waals surface area contributed by atoms with E-state index >= 15 is 0 Å². The van der Waals surface area contributed by atoms with Gasteiger partial charge in [0.05, 0.1) is 12.0 Å². The molecule has 0 atom stereocenters. The first-order valence-corrected chi connectivity index (χ1v) is 11.6. The molecule has 6 nitrogen and oxygen atoms in total. The molecule has 1 aromatic heterocycles. The Balaban J connectivity index is 1.47. The number of amides is 1. The standard InChI is InChI=1S/C27H27NO5/c1-16-23-21(32-25(16)26(31)28-19-9-7-18(8-10-19)17(2)29)11-12-22-24(23)20(30)15-27(33-22)13-5-3-4-6-14-27/h7-12H,3-6,13-15H2,1-2H3,(H,28,31). The maximum atomic E-state index is 13.3. The zero-order valence-corrected chi connectivity index (χ0v) is 19.0. The van der Waals surface area contributed by atoms with E-state index in [1.807, 2.05) is 0 Å². The predicted molar refractivity (Wildman–Crippen MR) is 125 cm³/mol. The van der Waals surface area contributed by atoms with Crippen LogP contribution in [-0.2, 0) is 0 Å². The van der Waals surface area contributed by atoms with Crippen molar-refractivity contribution in [3.05, 3.63) is 58.8 Å². The number of hydrogen-bond acceptors (Lipinski definition) is 5. The van der Waals surface area contributed by atoms with Crippen molar-refractivity contribution in [3.63, 3.8) is 0 Å². The molecule has 1 aliphatic carbocycles. The lowest BCUT2D eigenvalue weighted by molar-refractivity contribution is 0.0301. The van der Waals surface area contributed by atoms with Gasteiger partial charge in [0.25, 0.3) is 5.91 Å². The third kappa shape index (κ3) is 3.84. The molecule has 1 aliphatic heterocycles. The number of fused-ring (bicyclic) bond motifs is 3. The summed E-state index contributed by atoms with van der Waals surface area (Å²) in [6.45, 7) is 3.29. The van der Waals surface area contributed by atoms with E-state index in [-0.39, 0.29) is 17.3 Å². The van der Waals surface area contributed by atoms with E-state index in [2.05, 4.69) is 5.32 Å². The van der Waals surface area contributed by atoms with Gasteiger partial charge in [-0.15, -0.1) is 0 Å². The number of nitrogens with one attached hydrogen (secondary N) is 1. The first kappa shape index (κ1) is 21.4. The number of aryl methyl sites for hydroxylation is 1. The molecule has 1 saturated carbocycles. The number of ketones is 2. The van der Waals surface area contributed by atoms with Crippen molar-refractivity contribution in [1.29, 1.82) is 0 Å². The molecule has 1 amide bonds. The number of furan rings is 1. The largest absolute Gasteiger partial charge is 0.486 e. The summed E-state index contributed by atoms with van der Waals surface area (Å²) in [7, 11) is 0. The minimum atomic E-state index is -0.405. The Morgan fingerprint density at radius 2 is 1.67 bits per heavy atom. The third-order valence-corrected chi connectivity index (χ3v) is 6.91. The molecular formula is C27H27NO5. The zero-order chi connectivity index (χ0) is 23.2. The van der Waals surface area contributed by atoms with Crippen LogP contribution in [0.5, 0.6) is 5.75 Å². The summed E-state index contributed by atoms with van der Waals surface area (Å²) >= 11 is 0. The van der Waals surface area contributed by atoms with Gasteiger partial charge in [0.1, 0.15) is 16.9 Å². The molecule has 6 heteroatoms. The van der Waals surface area contributed by atoms with E-state index in [4.69, 9.17) is 9.15 Å². The lowest BCUT2D eigenvalue weighted by atomic mass is 9.83. The van der Waals surface area contributed by atoms with Gasteiger partial charge in [-0.3, -0.25) is 14.4 Å². The van der Waals surface area contributed by atoms with Crippen LogP contribution in [-0.4, -0.2) is 23.1 Å². The van der Waals surface area contributed by atoms with Crippen LogP contribution in [0.15, 0.2) is 40.8 Å². The quantitative estimate of drug-likeness (QED) is 0.481. The van der Waals surface area contributed by atoms with Crippen molar-refractivity contribution >= 4 is 34.1 Å². The van der Waals surface area contributed by atoms with Crippen molar-refractivity contribution in [2.24, 2.45) is 0 Å². The second kappa shape index (κ2) is 8.18. The van der Waals surface area contributed by atoms with Crippen molar-refractivity contribution in [3.8, 4) is 5.75 Å². The number of Topliss-reactive ketones (excluding diaryl/α,β-unsaturated/α-hetero) is 2. The Hall–Kier alpha value is -3.41. The van der Waals surface area contributed by atoms with E-state index in [1.54, 1.807) is 43.3 Å². The molecule has 0 saturated heterocycles. The van der Waals surface area contributed by atoms with Gasteiger partial charge in [0.2, 0.25) is 0 Å². The van der Waals surface area contributed by atoms with Crippen molar-refractivity contribution in [1.82, 2.24) is 0 Å². The lowest BCUT2D eigenvalue weighted by Gasteiger charge is -2.37. The number of rotatable bonds is 3. The Bertz CT molecular complexity index is 1260. The molecular weight excluding hydrogens is 418 g/mol. The van der Waals surface area contributed by atoms with Crippen LogP contribution in [0.4, 0.5) is 5.69 Å². The van der Waals surface area contributed by atoms with E-state index in [1.165, 1.54) is 19.8 Å². The average molecular weight is 446 g/mol. The Labute approximate surface area is 192 Å². The smallest absolute Gasteiger partial charge is 0.291 e. The van der Waals surface area contributed by atoms with Crippen LogP contribution in [0.3, 0.4) is 0 Å². The summed E-state index contributed by atoms with van der Waals surface area (Å²) in [5.41, 5.74) is 2.36. The van der Waals surface area contributed by atoms with Gasteiger partial charge in [-0.2, -0.15) is 0 Å². The molecule has 33 heavy (non-hydrogen) atoms.